The predicted octanol–water partition coefficient (Wildman–Crippen LogP) is 8.04. The monoisotopic (exact) mass is 693 g/mol. The van der Waals surface area contributed by atoms with Gasteiger partial charge in [0.15, 0.2) is 0 Å². The highest BCUT2D eigenvalue weighted by atomic mass is 16.3. The van der Waals surface area contributed by atoms with Crippen LogP contribution in [0.3, 0.4) is 0 Å². The molecule has 0 bridgehead atoms. The number of hydrogen-bond acceptors (Lipinski definition) is 8. The van der Waals surface area contributed by atoms with Gasteiger partial charge in [-0.3, -0.25) is 0 Å². The molecule has 8 heteroatoms. The number of unbranched alkanes of at least 4 members (excludes halogenated alkanes) is 1. The summed E-state index contributed by atoms with van der Waals surface area (Å²) in [7, 11) is 0. The van der Waals surface area contributed by atoms with E-state index in [1.54, 1.807) is 41.5 Å². The van der Waals surface area contributed by atoms with Crippen molar-refractivity contribution in [3.05, 3.63) is 35.9 Å². The van der Waals surface area contributed by atoms with Crippen LogP contribution in [0, 0.1) is 0 Å². The molecule has 1 aromatic rings. The van der Waals surface area contributed by atoms with E-state index in [4.69, 9.17) is 25.5 Å². The molecule has 1 atom stereocenters. The lowest BCUT2D eigenvalue weighted by atomic mass is 9.87. The second-order valence-corrected chi connectivity index (χ2v) is 14.2. The average molecular weight is 693 g/mol. The number of rotatable bonds is 6. The Kier molecular flexibility index (Phi) is 41.9. The smallest absolute Gasteiger partial charge is 0.0840 e. The van der Waals surface area contributed by atoms with Crippen molar-refractivity contribution in [3.8, 4) is 0 Å². The minimum atomic E-state index is -0.707. The SMILES string of the molecule is CC(C)(O)c1ccccc1.CC1(O)CCCC1.CC1(O)CCCCC1.CCC(C)(C)O.CCC(C)O.CCCCO.CCCO.CCO. The standard InChI is InChI=1S/C9H12O.C7H14O.C6H12O.C5H12O.2C4H10O.C3H8O.C2H6O/c1-9(2,10)8-6-4-3-5-7-8;1-7(8)5-3-2-4-6-7;1-6(7)4-2-3-5-6;1-4-5(2,3)6;1-3-4(2)5;1-2-3-4-5;1-2-3-4;1-2-3/h3-7,10H,1-2H3;8H,2-6H2,1H3;7H,2-5H2,1H3;6H,4H2,1-3H3;4-5H,3H2,1-2H3;5H,2-4H2,1H3;4H,2-3H2,1H3;3H,2H2,1H3. The molecule has 292 valence electrons. The van der Waals surface area contributed by atoms with Crippen LogP contribution in [0.25, 0.3) is 0 Å². The van der Waals surface area contributed by atoms with Gasteiger partial charge >= 0.3 is 0 Å². The first-order valence-electron chi connectivity index (χ1n) is 18.6. The van der Waals surface area contributed by atoms with Crippen LogP contribution in [0.15, 0.2) is 30.3 Å². The fourth-order valence-electron chi connectivity index (χ4n) is 3.45. The summed E-state index contributed by atoms with van der Waals surface area (Å²) < 4.78 is 0. The molecule has 8 nitrogen and oxygen atoms in total. The predicted molar refractivity (Wildman–Crippen MR) is 205 cm³/mol. The summed E-state index contributed by atoms with van der Waals surface area (Å²) in [5.41, 5.74) is -0.838. The van der Waals surface area contributed by atoms with Gasteiger partial charge in [0.1, 0.15) is 0 Å². The van der Waals surface area contributed by atoms with Crippen LogP contribution in [-0.4, -0.2) is 83.6 Å². The third-order valence-corrected chi connectivity index (χ3v) is 7.28. The molecule has 1 aromatic carbocycles. The first-order chi connectivity index (χ1) is 22.1. The second kappa shape index (κ2) is 35.7. The van der Waals surface area contributed by atoms with Crippen LogP contribution in [-0.2, 0) is 5.60 Å². The molecule has 2 saturated carbocycles. The quantitative estimate of drug-likeness (QED) is 0.149. The van der Waals surface area contributed by atoms with Gasteiger partial charge in [0.05, 0.1) is 28.5 Å². The van der Waals surface area contributed by atoms with Crippen molar-refractivity contribution in [3.63, 3.8) is 0 Å². The average Bonchev–Trinajstić information content (AvgIpc) is 3.43. The maximum Gasteiger partial charge on any atom is 0.0840 e. The molecule has 2 aliphatic rings. The lowest BCUT2D eigenvalue weighted by Gasteiger charge is -2.27. The fourth-order valence-corrected chi connectivity index (χ4v) is 3.45. The Bertz CT molecular complexity index is 703. The third kappa shape index (κ3) is 54.4. The molecular weight excluding hydrogens is 608 g/mol. The van der Waals surface area contributed by atoms with E-state index in [0.717, 1.165) is 63.4 Å². The molecule has 0 saturated heterocycles. The summed E-state index contributed by atoms with van der Waals surface area (Å²) >= 11 is 0. The second-order valence-electron chi connectivity index (χ2n) is 14.2. The number of hydrogen-bond donors (Lipinski definition) is 8. The molecule has 0 heterocycles. The van der Waals surface area contributed by atoms with Crippen LogP contribution in [0.5, 0.6) is 0 Å². The molecule has 3 rings (SSSR count). The molecular formula is C40H84O8. The van der Waals surface area contributed by atoms with Crippen LogP contribution in [0.4, 0.5) is 0 Å². The molecule has 48 heavy (non-hydrogen) atoms. The van der Waals surface area contributed by atoms with Crippen molar-refractivity contribution < 1.29 is 40.9 Å². The summed E-state index contributed by atoms with van der Waals surface area (Å²) in [6.07, 6.45) is 14.7. The molecule has 0 amide bonds. The van der Waals surface area contributed by atoms with E-state index >= 15 is 0 Å². The van der Waals surface area contributed by atoms with Crippen LogP contribution < -0.4 is 0 Å². The van der Waals surface area contributed by atoms with Crippen molar-refractivity contribution in [2.45, 2.75) is 201 Å². The summed E-state index contributed by atoms with van der Waals surface area (Å²) in [6.45, 7) is 23.3. The maximum absolute atomic E-state index is 9.49. The van der Waals surface area contributed by atoms with Gasteiger partial charge in [0.2, 0.25) is 0 Å². The molecule has 0 aromatic heterocycles. The first-order valence-corrected chi connectivity index (χ1v) is 18.6. The summed E-state index contributed by atoms with van der Waals surface area (Å²) in [5.74, 6) is 0. The van der Waals surface area contributed by atoms with Crippen molar-refractivity contribution in [2.24, 2.45) is 0 Å². The lowest BCUT2D eigenvalue weighted by molar-refractivity contribution is 0.0225. The molecule has 0 aliphatic heterocycles. The van der Waals surface area contributed by atoms with E-state index in [9.17, 15) is 15.3 Å². The summed E-state index contributed by atoms with van der Waals surface area (Å²) in [4.78, 5) is 0. The van der Waals surface area contributed by atoms with Crippen LogP contribution >= 0.6 is 0 Å². The van der Waals surface area contributed by atoms with E-state index in [1.165, 1.54) is 32.1 Å². The van der Waals surface area contributed by atoms with Crippen molar-refractivity contribution in [1.82, 2.24) is 0 Å². The van der Waals surface area contributed by atoms with Gasteiger partial charge in [-0.1, -0.05) is 96.6 Å². The third-order valence-electron chi connectivity index (χ3n) is 7.28. The van der Waals surface area contributed by atoms with Crippen LogP contribution in [0.1, 0.15) is 179 Å². The van der Waals surface area contributed by atoms with E-state index in [2.05, 4.69) is 6.92 Å². The van der Waals surface area contributed by atoms with Gasteiger partial charge in [0.25, 0.3) is 0 Å². The first kappa shape index (κ1) is 56.3. The highest BCUT2D eigenvalue weighted by molar-refractivity contribution is 5.20. The van der Waals surface area contributed by atoms with Gasteiger partial charge in [-0.15, -0.1) is 0 Å². The van der Waals surface area contributed by atoms with Crippen molar-refractivity contribution in [2.75, 3.05) is 19.8 Å². The van der Waals surface area contributed by atoms with E-state index < -0.39 is 11.2 Å². The number of benzene rings is 1. The Balaban J connectivity index is -0.000000151. The zero-order valence-electron chi connectivity index (χ0n) is 33.6. The zero-order chi connectivity index (χ0) is 38.7. The maximum atomic E-state index is 9.49. The lowest BCUT2D eigenvalue weighted by Crippen LogP contribution is -2.26. The summed E-state index contributed by atoms with van der Waals surface area (Å²) in [6, 6.07) is 9.62. The molecule has 1 unspecified atom stereocenters. The normalized spacial score (nSPS) is 16.1. The largest absolute Gasteiger partial charge is 0.397 e. The van der Waals surface area contributed by atoms with Gasteiger partial charge in [0, 0.05) is 19.8 Å². The molecule has 0 spiro atoms. The Labute approximate surface area is 297 Å². The van der Waals surface area contributed by atoms with Crippen molar-refractivity contribution >= 4 is 0 Å². The van der Waals surface area contributed by atoms with Gasteiger partial charge < -0.3 is 40.9 Å². The number of aliphatic hydroxyl groups is 8. The molecule has 2 aliphatic carbocycles. The topological polar surface area (TPSA) is 162 Å². The van der Waals surface area contributed by atoms with E-state index in [-0.39, 0.29) is 23.9 Å². The fraction of sp³-hybridized carbons (Fsp3) is 0.850. The highest BCUT2D eigenvalue weighted by Gasteiger charge is 2.24. The van der Waals surface area contributed by atoms with Crippen LogP contribution in [0.2, 0.25) is 0 Å². The highest BCUT2D eigenvalue weighted by Crippen LogP contribution is 2.28. The molecule has 0 radical (unpaired) electrons. The minimum Gasteiger partial charge on any atom is -0.397 e. The van der Waals surface area contributed by atoms with Gasteiger partial charge in [-0.05, 0) is 112 Å². The zero-order valence-corrected chi connectivity index (χ0v) is 33.6. The minimum absolute atomic E-state index is 0.116. The Hall–Kier alpha value is -1.10. The van der Waals surface area contributed by atoms with E-state index in [0.29, 0.717) is 13.2 Å². The Morgan fingerprint density at radius 2 is 0.979 bits per heavy atom. The van der Waals surface area contributed by atoms with Crippen molar-refractivity contribution in [1.29, 1.82) is 0 Å². The Morgan fingerprint density at radius 3 is 1.08 bits per heavy atom. The molecule has 2 fully saturated rings. The van der Waals surface area contributed by atoms with Gasteiger partial charge in [-0.25, -0.2) is 0 Å². The molecule has 8 N–H and O–H groups in total. The van der Waals surface area contributed by atoms with E-state index in [1.807, 2.05) is 65.0 Å². The summed E-state index contributed by atoms with van der Waals surface area (Å²) in [5, 5.41) is 68.8. The number of aliphatic hydroxyl groups excluding tert-OH is 4. The van der Waals surface area contributed by atoms with Gasteiger partial charge in [-0.2, -0.15) is 0 Å². The Morgan fingerprint density at radius 1 is 0.667 bits per heavy atom.